The SMILES string of the molecule is CC[Si](CC)(CC)OCC1=C(C)C=C2C(=O)[C@](C)(O[Si](CC)(CC)CC)C3(CC3)C(C)=C21. The Balaban J connectivity index is 2.01. The van der Waals surface area contributed by atoms with E-state index in [2.05, 4.69) is 68.4 Å². The predicted octanol–water partition coefficient (Wildman–Crippen LogP) is 7.72. The van der Waals surface area contributed by atoms with Crippen LogP contribution in [0.15, 0.2) is 33.9 Å². The molecule has 0 unspecified atom stereocenters. The van der Waals surface area contributed by atoms with Gasteiger partial charge in [0.2, 0.25) is 0 Å². The Labute approximate surface area is 199 Å². The molecule has 1 atom stereocenters. The Morgan fingerprint density at radius 1 is 0.875 bits per heavy atom. The number of fused-ring (bicyclic) bond motifs is 1. The van der Waals surface area contributed by atoms with Crippen LogP contribution >= 0.6 is 0 Å². The first-order valence-electron chi connectivity index (χ1n) is 13.1. The number of hydrogen-bond donors (Lipinski definition) is 0. The topological polar surface area (TPSA) is 35.5 Å². The van der Waals surface area contributed by atoms with E-state index in [0.717, 1.165) is 54.7 Å². The highest BCUT2D eigenvalue weighted by Crippen LogP contribution is 2.67. The van der Waals surface area contributed by atoms with Gasteiger partial charge in [0.15, 0.2) is 22.4 Å². The first-order valence-corrected chi connectivity index (χ1v) is 18.2. The van der Waals surface area contributed by atoms with Crippen molar-refractivity contribution in [2.45, 2.75) is 117 Å². The molecule has 1 fully saturated rings. The molecule has 1 saturated carbocycles. The summed E-state index contributed by atoms with van der Waals surface area (Å²) in [5.41, 5.74) is 5.10. The van der Waals surface area contributed by atoms with Crippen molar-refractivity contribution in [2.75, 3.05) is 6.61 Å². The smallest absolute Gasteiger partial charge is 0.194 e. The summed E-state index contributed by atoms with van der Waals surface area (Å²) in [7, 11) is -3.62. The van der Waals surface area contributed by atoms with Crippen LogP contribution in [-0.4, -0.2) is 34.6 Å². The number of hydrogen-bond acceptors (Lipinski definition) is 3. The van der Waals surface area contributed by atoms with Crippen LogP contribution in [-0.2, 0) is 13.6 Å². The average Bonchev–Trinajstić information content (AvgIpc) is 3.56. The fraction of sp³-hybridized carbons (Fsp3) is 0.741. The third-order valence-corrected chi connectivity index (χ3v) is 19.0. The first kappa shape index (κ1) is 25.9. The maximum atomic E-state index is 14.2. The van der Waals surface area contributed by atoms with E-state index in [-0.39, 0.29) is 11.2 Å². The van der Waals surface area contributed by atoms with Crippen LogP contribution in [0.4, 0.5) is 0 Å². The van der Waals surface area contributed by atoms with Crippen LogP contribution in [0.3, 0.4) is 0 Å². The molecule has 32 heavy (non-hydrogen) atoms. The summed E-state index contributed by atoms with van der Waals surface area (Å²) in [6, 6.07) is 6.66. The van der Waals surface area contributed by atoms with Gasteiger partial charge in [0, 0.05) is 11.0 Å². The molecular weight excluding hydrogens is 428 g/mol. The van der Waals surface area contributed by atoms with Crippen molar-refractivity contribution in [1.82, 2.24) is 0 Å². The Bertz CT molecular complexity index is 838. The van der Waals surface area contributed by atoms with Crippen LogP contribution in [0.5, 0.6) is 0 Å². The van der Waals surface area contributed by atoms with Crippen molar-refractivity contribution in [3.63, 3.8) is 0 Å². The monoisotopic (exact) mass is 474 g/mol. The second-order valence-corrected chi connectivity index (χ2v) is 20.0. The Morgan fingerprint density at radius 2 is 1.38 bits per heavy atom. The molecule has 3 rings (SSSR count). The van der Waals surface area contributed by atoms with E-state index < -0.39 is 22.2 Å². The van der Waals surface area contributed by atoms with Crippen LogP contribution in [0, 0.1) is 5.41 Å². The molecule has 0 N–H and O–H groups in total. The van der Waals surface area contributed by atoms with Gasteiger partial charge in [-0.15, -0.1) is 0 Å². The normalized spacial score (nSPS) is 25.0. The quantitative estimate of drug-likeness (QED) is 0.287. The maximum absolute atomic E-state index is 14.2. The molecule has 180 valence electrons. The molecular formula is C27H46O3Si2. The van der Waals surface area contributed by atoms with Gasteiger partial charge in [0.1, 0.15) is 5.60 Å². The molecule has 3 aliphatic rings. The highest BCUT2D eigenvalue weighted by atomic mass is 28.4. The van der Waals surface area contributed by atoms with Gasteiger partial charge in [-0.3, -0.25) is 4.79 Å². The minimum atomic E-state index is -1.93. The van der Waals surface area contributed by atoms with Crippen molar-refractivity contribution in [3.8, 4) is 0 Å². The lowest BCUT2D eigenvalue weighted by atomic mass is 9.67. The van der Waals surface area contributed by atoms with E-state index in [1.54, 1.807) is 0 Å². The van der Waals surface area contributed by atoms with Gasteiger partial charge in [-0.1, -0.05) is 47.1 Å². The van der Waals surface area contributed by atoms with Crippen LogP contribution in [0.1, 0.15) is 75.2 Å². The summed E-state index contributed by atoms with van der Waals surface area (Å²) in [5, 5.41) is 0. The van der Waals surface area contributed by atoms with E-state index in [1.807, 2.05) is 0 Å². The fourth-order valence-electron chi connectivity index (χ4n) is 6.40. The van der Waals surface area contributed by atoms with E-state index in [0.29, 0.717) is 6.61 Å². The van der Waals surface area contributed by atoms with Crippen molar-refractivity contribution in [2.24, 2.45) is 5.41 Å². The Morgan fingerprint density at radius 3 is 1.81 bits per heavy atom. The van der Waals surface area contributed by atoms with Crippen molar-refractivity contribution >= 4 is 22.4 Å². The molecule has 0 aromatic heterocycles. The third kappa shape index (κ3) is 3.71. The second kappa shape index (κ2) is 9.12. The molecule has 0 aromatic carbocycles. The largest absolute Gasteiger partial charge is 0.413 e. The Hall–Kier alpha value is -0.756. The lowest BCUT2D eigenvalue weighted by molar-refractivity contribution is -0.135. The van der Waals surface area contributed by atoms with Gasteiger partial charge in [0.25, 0.3) is 0 Å². The Kier molecular flexibility index (Phi) is 7.37. The molecule has 0 radical (unpaired) electrons. The van der Waals surface area contributed by atoms with E-state index in [4.69, 9.17) is 8.85 Å². The number of allylic oxidation sites excluding steroid dienone is 2. The molecule has 0 bridgehead atoms. The van der Waals surface area contributed by atoms with Gasteiger partial charge in [-0.05, 0) is 92.7 Å². The number of carbonyl (C=O) groups excluding carboxylic acids is 1. The molecule has 3 aliphatic carbocycles. The molecule has 3 nitrogen and oxygen atoms in total. The molecule has 0 aromatic rings. The van der Waals surface area contributed by atoms with Crippen molar-refractivity contribution < 1.29 is 13.6 Å². The van der Waals surface area contributed by atoms with E-state index in [1.165, 1.54) is 22.3 Å². The third-order valence-electron chi connectivity index (χ3n) is 9.65. The van der Waals surface area contributed by atoms with Crippen molar-refractivity contribution in [3.05, 3.63) is 33.9 Å². The van der Waals surface area contributed by atoms with Gasteiger partial charge >= 0.3 is 0 Å². The molecule has 0 amide bonds. The highest BCUT2D eigenvalue weighted by molar-refractivity contribution is 6.74. The second-order valence-electron chi connectivity index (χ2n) is 10.5. The summed E-state index contributed by atoms with van der Waals surface area (Å²) < 4.78 is 13.8. The number of carbonyl (C=O) groups is 1. The minimum absolute atomic E-state index is 0.126. The zero-order valence-electron chi connectivity index (χ0n) is 22.2. The highest BCUT2D eigenvalue weighted by Gasteiger charge is 2.67. The van der Waals surface area contributed by atoms with E-state index in [9.17, 15) is 4.79 Å². The summed E-state index contributed by atoms with van der Waals surface area (Å²) >= 11 is 0. The van der Waals surface area contributed by atoms with Crippen molar-refractivity contribution in [1.29, 1.82) is 0 Å². The zero-order chi connectivity index (χ0) is 23.9. The lowest BCUT2D eigenvalue weighted by Crippen LogP contribution is -2.58. The van der Waals surface area contributed by atoms with Gasteiger partial charge in [-0.25, -0.2) is 0 Å². The number of ketones is 1. The van der Waals surface area contributed by atoms with E-state index >= 15 is 0 Å². The van der Waals surface area contributed by atoms with Crippen LogP contribution < -0.4 is 0 Å². The lowest BCUT2D eigenvalue weighted by Gasteiger charge is -2.48. The minimum Gasteiger partial charge on any atom is -0.413 e. The average molecular weight is 475 g/mol. The van der Waals surface area contributed by atoms with Gasteiger partial charge < -0.3 is 8.85 Å². The molecule has 0 heterocycles. The summed E-state index contributed by atoms with van der Waals surface area (Å²) in [5.74, 6) is 0.224. The fourth-order valence-corrected chi connectivity index (χ4v) is 12.1. The summed E-state index contributed by atoms with van der Waals surface area (Å²) in [6.45, 7) is 20.8. The standard InChI is InChI=1S/C27H46O3Si2/c1-10-31(11-2,12-3)29-19-23-20(7)18-22-24(23)21(8)27(16-17-27)26(9,25(22)28)30-32(13-4,14-5)15-6/h18H,10-17,19H2,1-9H3/t26-/m0/s1. The number of Topliss-reactive ketones (excluding diaryl/α,β-unsaturated/α-hetero) is 1. The van der Waals surface area contributed by atoms with Crippen LogP contribution in [0.2, 0.25) is 36.3 Å². The maximum Gasteiger partial charge on any atom is 0.194 e. The van der Waals surface area contributed by atoms with Crippen LogP contribution in [0.25, 0.3) is 0 Å². The molecule has 5 heteroatoms. The zero-order valence-corrected chi connectivity index (χ0v) is 24.2. The predicted molar refractivity (Wildman–Crippen MR) is 140 cm³/mol. The summed E-state index contributed by atoms with van der Waals surface area (Å²) in [4.78, 5) is 14.2. The van der Waals surface area contributed by atoms with Gasteiger partial charge in [-0.2, -0.15) is 0 Å². The molecule has 0 aliphatic heterocycles. The number of rotatable bonds is 11. The first-order chi connectivity index (χ1) is 15.1. The molecule has 0 saturated heterocycles. The van der Waals surface area contributed by atoms with Gasteiger partial charge in [0.05, 0.1) is 6.61 Å². The molecule has 1 spiro atoms. The summed E-state index contributed by atoms with van der Waals surface area (Å²) in [6.07, 6.45) is 4.26.